The summed E-state index contributed by atoms with van der Waals surface area (Å²) in [6.07, 6.45) is 0. The van der Waals surface area contributed by atoms with E-state index in [4.69, 9.17) is 16.0 Å². The molecule has 0 spiro atoms. The molecule has 0 aliphatic heterocycles. The van der Waals surface area contributed by atoms with Crippen LogP contribution in [0.2, 0.25) is 0 Å². The molecule has 2 rings (SSSR count). The van der Waals surface area contributed by atoms with Crippen LogP contribution >= 0.6 is 11.6 Å². The first-order chi connectivity index (χ1) is 7.11. The second-order valence-electron chi connectivity index (χ2n) is 3.34. The Hall–Kier alpha value is -1.35. The monoisotopic (exact) mass is 226 g/mol. The normalized spacial score (nSPS) is 10.9. The zero-order valence-corrected chi connectivity index (χ0v) is 8.77. The summed E-state index contributed by atoms with van der Waals surface area (Å²) in [6.45, 7) is 1.73. The predicted octanol–water partition coefficient (Wildman–Crippen LogP) is 2.98. The zero-order chi connectivity index (χ0) is 11.0. The number of benzene rings is 1. The molecule has 0 radical (unpaired) electrons. The molecule has 0 fully saturated rings. The van der Waals surface area contributed by atoms with E-state index in [0.717, 1.165) is 0 Å². The van der Waals surface area contributed by atoms with E-state index in [9.17, 15) is 9.18 Å². The van der Waals surface area contributed by atoms with Crippen LogP contribution < -0.4 is 5.63 Å². The fraction of sp³-hybridized carbons (Fsp3) is 0.182. The lowest BCUT2D eigenvalue weighted by molar-refractivity contribution is 0.554. The largest absolute Gasteiger partial charge is 0.423 e. The van der Waals surface area contributed by atoms with Crippen molar-refractivity contribution in [2.45, 2.75) is 12.8 Å². The number of fused-ring (bicyclic) bond motifs is 1. The molecule has 4 heteroatoms. The average molecular weight is 227 g/mol. The molecule has 0 bridgehead atoms. The molecule has 0 N–H and O–H groups in total. The molecule has 0 aliphatic rings. The Kier molecular flexibility index (Phi) is 2.49. The zero-order valence-electron chi connectivity index (χ0n) is 8.01. The van der Waals surface area contributed by atoms with E-state index >= 15 is 0 Å². The number of alkyl halides is 1. The smallest absolute Gasteiger partial charge is 0.336 e. The lowest BCUT2D eigenvalue weighted by Gasteiger charge is -2.04. The van der Waals surface area contributed by atoms with Crippen LogP contribution in [0.5, 0.6) is 0 Å². The maximum atomic E-state index is 13.6. The first-order valence-corrected chi connectivity index (χ1v) is 4.94. The van der Waals surface area contributed by atoms with Crippen molar-refractivity contribution in [3.05, 3.63) is 45.6 Å². The van der Waals surface area contributed by atoms with Crippen LogP contribution in [0.1, 0.15) is 11.1 Å². The highest BCUT2D eigenvalue weighted by molar-refractivity contribution is 6.17. The molecule has 0 atom stereocenters. The highest BCUT2D eigenvalue weighted by atomic mass is 35.5. The average Bonchev–Trinajstić information content (AvgIpc) is 2.14. The van der Waals surface area contributed by atoms with E-state index < -0.39 is 11.4 Å². The van der Waals surface area contributed by atoms with Crippen LogP contribution in [-0.2, 0) is 5.88 Å². The Balaban J connectivity index is 2.96. The molecule has 0 unspecified atom stereocenters. The van der Waals surface area contributed by atoms with Gasteiger partial charge in [-0.25, -0.2) is 9.18 Å². The van der Waals surface area contributed by atoms with Crippen LogP contribution in [0.15, 0.2) is 27.4 Å². The molecule has 0 aliphatic carbocycles. The third kappa shape index (κ3) is 1.75. The summed E-state index contributed by atoms with van der Waals surface area (Å²) in [4.78, 5) is 11.1. The fourth-order valence-electron chi connectivity index (χ4n) is 1.56. The van der Waals surface area contributed by atoms with Crippen LogP contribution in [0, 0.1) is 12.7 Å². The standard InChI is InChI=1S/C11H8ClFO2/c1-6-2-8(13)11-7(5-12)4-10(14)15-9(11)3-6/h2-4H,5H2,1H3. The minimum atomic E-state index is -0.511. The van der Waals surface area contributed by atoms with Crippen LogP contribution in [0.3, 0.4) is 0 Å². The van der Waals surface area contributed by atoms with Gasteiger partial charge < -0.3 is 4.42 Å². The second kappa shape index (κ2) is 3.66. The Morgan fingerprint density at radius 1 is 1.40 bits per heavy atom. The van der Waals surface area contributed by atoms with Gasteiger partial charge in [-0.3, -0.25) is 0 Å². The Labute approximate surface area is 90.3 Å². The topological polar surface area (TPSA) is 30.2 Å². The molecular weight excluding hydrogens is 219 g/mol. The Bertz CT molecular complexity index is 575. The number of halogens is 2. The van der Waals surface area contributed by atoms with Gasteiger partial charge in [-0.05, 0) is 30.2 Å². The molecule has 1 heterocycles. The van der Waals surface area contributed by atoms with E-state index in [1.54, 1.807) is 13.0 Å². The molecule has 0 saturated carbocycles. The molecule has 1 aromatic carbocycles. The first kappa shape index (κ1) is 10.2. The van der Waals surface area contributed by atoms with Gasteiger partial charge in [0.05, 0.1) is 5.39 Å². The Morgan fingerprint density at radius 3 is 2.80 bits per heavy atom. The summed E-state index contributed by atoms with van der Waals surface area (Å²) in [7, 11) is 0. The molecule has 0 amide bonds. The van der Waals surface area contributed by atoms with Crippen molar-refractivity contribution in [1.82, 2.24) is 0 Å². The Morgan fingerprint density at radius 2 is 2.13 bits per heavy atom. The van der Waals surface area contributed by atoms with Crippen molar-refractivity contribution in [1.29, 1.82) is 0 Å². The van der Waals surface area contributed by atoms with Gasteiger partial charge in [0.2, 0.25) is 0 Å². The summed E-state index contributed by atoms with van der Waals surface area (Å²) < 4.78 is 18.5. The van der Waals surface area contributed by atoms with Crippen LogP contribution in [0.25, 0.3) is 11.0 Å². The van der Waals surface area contributed by atoms with E-state index in [-0.39, 0.29) is 16.8 Å². The maximum absolute atomic E-state index is 13.6. The van der Waals surface area contributed by atoms with Gasteiger partial charge in [-0.2, -0.15) is 0 Å². The van der Waals surface area contributed by atoms with E-state index in [1.165, 1.54) is 12.1 Å². The number of hydrogen-bond acceptors (Lipinski definition) is 2. The maximum Gasteiger partial charge on any atom is 0.336 e. The summed E-state index contributed by atoms with van der Waals surface area (Å²) >= 11 is 5.64. The van der Waals surface area contributed by atoms with Gasteiger partial charge in [0, 0.05) is 11.9 Å². The molecular formula is C11H8ClFO2. The number of hydrogen-bond donors (Lipinski definition) is 0. The van der Waals surface area contributed by atoms with Crippen LogP contribution in [-0.4, -0.2) is 0 Å². The minimum Gasteiger partial charge on any atom is -0.423 e. The highest BCUT2D eigenvalue weighted by Gasteiger charge is 2.10. The molecule has 15 heavy (non-hydrogen) atoms. The van der Waals surface area contributed by atoms with Crippen molar-refractivity contribution in [3.63, 3.8) is 0 Å². The van der Waals surface area contributed by atoms with Gasteiger partial charge in [0.25, 0.3) is 0 Å². The van der Waals surface area contributed by atoms with Gasteiger partial charge in [0.15, 0.2) is 0 Å². The van der Waals surface area contributed by atoms with E-state index in [1.807, 2.05) is 0 Å². The van der Waals surface area contributed by atoms with Gasteiger partial charge in [-0.15, -0.1) is 11.6 Å². The predicted molar refractivity (Wildman–Crippen MR) is 56.7 cm³/mol. The van der Waals surface area contributed by atoms with Crippen molar-refractivity contribution in [3.8, 4) is 0 Å². The fourth-order valence-corrected chi connectivity index (χ4v) is 1.77. The second-order valence-corrected chi connectivity index (χ2v) is 3.61. The van der Waals surface area contributed by atoms with Crippen molar-refractivity contribution in [2.24, 2.45) is 0 Å². The van der Waals surface area contributed by atoms with E-state index in [0.29, 0.717) is 11.1 Å². The molecule has 0 saturated heterocycles. The minimum absolute atomic E-state index is 0.0854. The first-order valence-electron chi connectivity index (χ1n) is 4.40. The molecule has 78 valence electrons. The summed E-state index contributed by atoms with van der Waals surface area (Å²) in [6, 6.07) is 4.22. The van der Waals surface area contributed by atoms with Crippen molar-refractivity contribution in [2.75, 3.05) is 0 Å². The summed E-state index contributed by atoms with van der Waals surface area (Å²) in [5.41, 5.74) is 0.897. The third-order valence-corrected chi connectivity index (χ3v) is 2.45. The van der Waals surface area contributed by atoms with Gasteiger partial charge >= 0.3 is 5.63 Å². The number of aryl methyl sites for hydroxylation is 1. The highest BCUT2D eigenvalue weighted by Crippen LogP contribution is 2.23. The lowest BCUT2D eigenvalue weighted by atomic mass is 10.1. The quantitative estimate of drug-likeness (QED) is 0.553. The third-order valence-electron chi connectivity index (χ3n) is 2.17. The molecule has 1 aromatic heterocycles. The molecule has 2 aromatic rings. The lowest BCUT2D eigenvalue weighted by Crippen LogP contribution is -2.01. The van der Waals surface area contributed by atoms with Crippen molar-refractivity contribution >= 4 is 22.6 Å². The van der Waals surface area contributed by atoms with Crippen molar-refractivity contribution < 1.29 is 8.81 Å². The number of rotatable bonds is 1. The van der Waals surface area contributed by atoms with E-state index in [2.05, 4.69) is 0 Å². The summed E-state index contributed by atoms with van der Waals surface area (Å²) in [5.74, 6) is -0.327. The summed E-state index contributed by atoms with van der Waals surface area (Å²) in [5, 5.41) is 0.287. The van der Waals surface area contributed by atoms with Crippen LogP contribution in [0.4, 0.5) is 4.39 Å². The van der Waals surface area contributed by atoms with Gasteiger partial charge in [-0.1, -0.05) is 0 Å². The van der Waals surface area contributed by atoms with Gasteiger partial charge in [0.1, 0.15) is 11.4 Å². The molecule has 2 nitrogen and oxygen atoms in total. The SMILES string of the molecule is Cc1cc(F)c2c(CCl)cc(=O)oc2c1.